The molecule has 0 saturated heterocycles. The number of H-pyrrole nitrogens is 1. The number of hydrogen-bond donors (Lipinski definition) is 2. The normalized spacial score (nSPS) is 10.1. The molecule has 2 aromatic rings. The average molecular weight is 333 g/mol. The van der Waals surface area contributed by atoms with Crippen LogP contribution in [0, 0.1) is 5.82 Å². The Kier molecular flexibility index (Phi) is 5.67. The Morgan fingerprint density at radius 2 is 1.92 bits per heavy atom. The van der Waals surface area contributed by atoms with E-state index < -0.39 is 30.2 Å². The van der Waals surface area contributed by atoms with Crippen LogP contribution >= 0.6 is 0 Å². The number of esters is 1. The van der Waals surface area contributed by atoms with Gasteiger partial charge in [0.2, 0.25) is 5.91 Å². The molecule has 0 aliphatic rings. The minimum atomic E-state index is -0.655. The predicted molar refractivity (Wildman–Crippen MR) is 83.7 cm³/mol. The number of halogens is 1. The fourth-order valence-electron chi connectivity index (χ4n) is 1.81. The molecule has 7 nitrogen and oxygen atoms in total. The lowest BCUT2D eigenvalue weighted by Crippen LogP contribution is -2.37. The third-order valence-electron chi connectivity index (χ3n) is 3.08. The monoisotopic (exact) mass is 333 g/mol. The lowest BCUT2D eigenvalue weighted by atomic mass is 10.3. The van der Waals surface area contributed by atoms with Crippen LogP contribution in [0.1, 0.15) is 10.5 Å². The highest BCUT2D eigenvalue weighted by Crippen LogP contribution is 2.08. The molecule has 8 heteroatoms. The summed E-state index contributed by atoms with van der Waals surface area (Å²) in [7, 11) is 1.41. The first kappa shape index (κ1) is 17.2. The number of aromatic amines is 1. The van der Waals surface area contributed by atoms with E-state index in [0.29, 0.717) is 5.69 Å². The summed E-state index contributed by atoms with van der Waals surface area (Å²) >= 11 is 0. The lowest BCUT2D eigenvalue weighted by molar-refractivity contribution is -0.136. The molecule has 0 atom stereocenters. The van der Waals surface area contributed by atoms with Crippen molar-refractivity contribution in [3.63, 3.8) is 0 Å². The van der Waals surface area contributed by atoms with Crippen molar-refractivity contribution in [1.82, 2.24) is 9.88 Å². The molecule has 24 heavy (non-hydrogen) atoms. The second-order valence-corrected chi connectivity index (χ2v) is 4.96. The lowest BCUT2D eigenvalue weighted by Gasteiger charge is -2.16. The number of ether oxygens (including phenoxy) is 1. The van der Waals surface area contributed by atoms with Gasteiger partial charge in [0.1, 0.15) is 11.5 Å². The van der Waals surface area contributed by atoms with Gasteiger partial charge >= 0.3 is 5.97 Å². The van der Waals surface area contributed by atoms with Crippen molar-refractivity contribution in [3.05, 3.63) is 54.1 Å². The fraction of sp³-hybridized carbons (Fsp3) is 0.188. The summed E-state index contributed by atoms with van der Waals surface area (Å²) in [6.07, 6.45) is 1.56. The Morgan fingerprint density at radius 3 is 2.54 bits per heavy atom. The molecule has 1 aromatic carbocycles. The summed E-state index contributed by atoms with van der Waals surface area (Å²) in [5.74, 6) is -2.04. The molecule has 2 amide bonds. The van der Waals surface area contributed by atoms with Gasteiger partial charge in [-0.3, -0.25) is 9.59 Å². The van der Waals surface area contributed by atoms with Crippen LogP contribution in [-0.2, 0) is 14.3 Å². The van der Waals surface area contributed by atoms with E-state index in [-0.39, 0.29) is 12.2 Å². The van der Waals surface area contributed by atoms with Gasteiger partial charge in [0.05, 0.1) is 6.54 Å². The van der Waals surface area contributed by atoms with Crippen molar-refractivity contribution in [1.29, 1.82) is 0 Å². The summed E-state index contributed by atoms with van der Waals surface area (Å²) in [5.41, 5.74) is 0.653. The zero-order valence-corrected chi connectivity index (χ0v) is 12.9. The smallest absolute Gasteiger partial charge is 0.355 e. The van der Waals surface area contributed by atoms with E-state index in [2.05, 4.69) is 10.3 Å². The fourth-order valence-corrected chi connectivity index (χ4v) is 1.81. The minimum absolute atomic E-state index is 0.226. The molecular weight excluding hydrogens is 317 g/mol. The molecule has 126 valence electrons. The van der Waals surface area contributed by atoms with Gasteiger partial charge in [0.25, 0.3) is 5.91 Å². The van der Waals surface area contributed by atoms with Crippen molar-refractivity contribution in [3.8, 4) is 0 Å². The zero-order chi connectivity index (χ0) is 17.5. The van der Waals surface area contributed by atoms with Gasteiger partial charge < -0.3 is 19.9 Å². The molecule has 0 aliphatic carbocycles. The number of aromatic nitrogens is 1. The maximum atomic E-state index is 12.8. The molecule has 0 unspecified atom stereocenters. The number of rotatable bonds is 6. The van der Waals surface area contributed by atoms with Gasteiger partial charge in [-0.1, -0.05) is 0 Å². The number of nitrogens with one attached hydrogen (secondary N) is 2. The van der Waals surface area contributed by atoms with E-state index in [0.717, 1.165) is 4.90 Å². The predicted octanol–water partition coefficient (Wildman–Crippen LogP) is 1.41. The van der Waals surface area contributed by atoms with Gasteiger partial charge in [-0.2, -0.15) is 0 Å². The number of amides is 2. The molecule has 0 radical (unpaired) electrons. The number of carbonyl (C=O) groups excluding carboxylic acids is 3. The van der Waals surface area contributed by atoms with E-state index >= 15 is 0 Å². The van der Waals surface area contributed by atoms with Crippen LogP contribution in [0.2, 0.25) is 0 Å². The number of nitrogens with zero attached hydrogens (tertiary/aromatic N) is 1. The first-order valence-electron chi connectivity index (χ1n) is 7.05. The first-order chi connectivity index (χ1) is 11.5. The van der Waals surface area contributed by atoms with Crippen LogP contribution in [0.25, 0.3) is 0 Å². The van der Waals surface area contributed by atoms with Crippen molar-refractivity contribution in [2.75, 3.05) is 25.5 Å². The summed E-state index contributed by atoms with van der Waals surface area (Å²) in [6, 6.07) is 8.40. The van der Waals surface area contributed by atoms with Crippen molar-refractivity contribution >= 4 is 23.5 Å². The molecule has 0 bridgehead atoms. The molecule has 0 saturated carbocycles. The third kappa shape index (κ3) is 4.94. The van der Waals surface area contributed by atoms with Crippen LogP contribution in [0.4, 0.5) is 10.1 Å². The highest BCUT2D eigenvalue weighted by molar-refractivity contribution is 5.95. The van der Waals surface area contributed by atoms with Gasteiger partial charge in [0, 0.05) is 18.9 Å². The number of likely N-dealkylation sites (N-methyl/N-ethyl adjacent to an activating group) is 1. The Labute approximate surface area is 137 Å². The van der Waals surface area contributed by atoms with Crippen LogP contribution < -0.4 is 5.32 Å². The van der Waals surface area contributed by atoms with Gasteiger partial charge in [-0.25, -0.2) is 9.18 Å². The van der Waals surface area contributed by atoms with E-state index in [1.54, 1.807) is 12.3 Å². The summed E-state index contributed by atoms with van der Waals surface area (Å²) in [5, 5.41) is 2.53. The Morgan fingerprint density at radius 1 is 1.21 bits per heavy atom. The van der Waals surface area contributed by atoms with Crippen molar-refractivity contribution in [2.24, 2.45) is 0 Å². The summed E-state index contributed by atoms with van der Waals surface area (Å²) < 4.78 is 17.6. The maximum Gasteiger partial charge on any atom is 0.355 e. The van der Waals surface area contributed by atoms with Gasteiger partial charge in [0.15, 0.2) is 6.61 Å². The minimum Gasteiger partial charge on any atom is -0.451 e. The first-order valence-corrected chi connectivity index (χ1v) is 7.05. The Balaban J connectivity index is 1.77. The Hall–Kier alpha value is -3.16. The third-order valence-corrected chi connectivity index (χ3v) is 3.08. The van der Waals surface area contributed by atoms with E-state index in [4.69, 9.17) is 4.74 Å². The number of benzene rings is 1. The second-order valence-electron chi connectivity index (χ2n) is 4.96. The summed E-state index contributed by atoms with van der Waals surface area (Å²) in [4.78, 5) is 39.1. The quantitative estimate of drug-likeness (QED) is 0.782. The van der Waals surface area contributed by atoms with E-state index in [1.807, 2.05) is 0 Å². The zero-order valence-electron chi connectivity index (χ0n) is 12.9. The molecule has 0 spiro atoms. The average Bonchev–Trinajstić information content (AvgIpc) is 3.08. The second kappa shape index (κ2) is 7.91. The van der Waals surface area contributed by atoms with Crippen LogP contribution in [0.15, 0.2) is 42.6 Å². The number of anilines is 1. The molecule has 0 aliphatic heterocycles. The number of carbonyl (C=O) groups is 3. The molecule has 2 rings (SSSR count). The maximum absolute atomic E-state index is 12.8. The van der Waals surface area contributed by atoms with Crippen LogP contribution in [0.5, 0.6) is 0 Å². The van der Waals surface area contributed by atoms with Crippen LogP contribution in [0.3, 0.4) is 0 Å². The van der Waals surface area contributed by atoms with Crippen molar-refractivity contribution < 1.29 is 23.5 Å². The Bertz CT molecular complexity index is 713. The van der Waals surface area contributed by atoms with Crippen molar-refractivity contribution in [2.45, 2.75) is 0 Å². The molecule has 2 N–H and O–H groups in total. The molecule has 1 heterocycles. The van der Waals surface area contributed by atoms with E-state index in [1.165, 1.54) is 37.4 Å². The molecular formula is C16H16FN3O4. The molecule has 1 aromatic heterocycles. The number of hydrogen-bond acceptors (Lipinski definition) is 4. The largest absolute Gasteiger partial charge is 0.451 e. The van der Waals surface area contributed by atoms with Gasteiger partial charge in [-0.15, -0.1) is 0 Å². The van der Waals surface area contributed by atoms with Crippen LogP contribution in [-0.4, -0.2) is 47.9 Å². The standard InChI is InChI=1S/C16H16FN3O4/c1-20(9-14(21)19-12-6-4-11(17)5-7-12)15(22)10-24-16(23)13-3-2-8-18-13/h2-8,18H,9-10H2,1H3,(H,19,21). The van der Waals surface area contributed by atoms with Gasteiger partial charge in [-0.05, 0) is 36.4 Å². The SMILES string of the molecule is CN(CC(=O)Nc1ccc(F)cc1)C(=O)COC(=O)c1ccc[nH]1. The molecule has 0 fully saturated rings. The summed E-state index contributed by atoms with van der Waals surface area (Å²) in [6.45, 7) is -0.700. The van der Waals surface area contributed by atoms with E-state index in [9.17, 15) is 18.8 Å². The highest BCUT2D eigenvalue weighted by atomic mass is 19.1. The highest BCUT2D eigenvalue weighted by Gasteiger charge is 2.16. The topological polar surface area (TPSA) is 91.5 Å².